The first-order valence-corrected chi connectivity index (χ1v) is 12.1. The topological polar surface area (TPSA) is 52.6 Å². The lowest BCUT2D eigenvalue weighted by atomic mass is 9.91. The molecule has 1 saturated heterocycles. The largest absolute Gasteiger partial charge is 0.338 e. The number of hydrogen-bond donors (Lipinski definition) is 0. The fourth-order valence-electron chi connectivity index (χ4n) is 4.76. The lowest BCUT2D eigenvalue weighted by Gasteiger charge is -2.43. The minimum Gasteiger partial charge on any atom is -0.338 e. The molecule has 6 nitrogen and oxygen atoms in total. The molecule has 0 atom stereocenters. The van der Waals surface area contributed by atoms with E-state index in [1.165, 1.54) is 19.3 Å². The third kappa shape index (κ3) is 4.81. The molecule has 0 bridgehead atoms. The van der Waals surface area contributed by atoms with E-state index in [1.54, 1.807) is 6.08 Å². The van der Waals surface area contributed by atoms with E-state index >= 15 is 0 Å². The van der Waals surface area contributed by atoms with Crippen molar-refractivity contribution < 1.29 is 4.79 Å². The van der Waals surface area contributed by atoms with Crippen LogP contribution in [0.1, 0.15) is 36.1 Å². The quantitative estimate of drug-likeness (QED) is 0.666. The summed E-state index contributed by atoms with van der Waals surface area (Å²) in [5.74, 6) is 0.871. The Bertz CT molecular complexity index is 998. The van der Waals surface area contributed by atoms with E-state index in [1.807, 2.05) is 41.4 Å². The van der Waals surface area contributed by atoms with Crippen molar-refractivity contribution in [3.63, 3.8) is 0 Å². The summed E-state index contributed by atoms with van der Waals surface area (Å²) in [6.07, 6.45) is 11.1. The Morgan fingerprint density at radius 3 is 2.62 bits per heavy atom. The van der Waals surface area contributed by atoms with Gasteiger partial charge in [0, 0.05) is 69.0 Å². The van der Waals surface area contributed by atoms with Gasteiger partial charge >= 0.3 is 0 Å². The van der Waals surface area contributed by atoms with Crippen LogP contribution in [0.4, 0.5) is 5.95 Å². The van der Waals surface area contributed by atoms with E-state index in [9.17, 15) is 4.79 Å². The molecule has 0 radical (unpaired) electrons. The second-order valence-electron chi connectivity index (χ2n) is 8.96. The molecule has 7 heteroatoms. The standard InChI is InChI=1S/C25H30ClN5O/c26-21-4-1-3-19(17-21)7-8-24(32)30-11-9-20-18-27-25(28-23(20)10-12-30)31-15-13-29(14-16-31)22-5-2-6-22/h1,3-4,7-8,17-18,22H,2,5-6,9-16H2/b8-7+. The summed E-state index contributed by atoms with van der Waals surface area (Å²) >= 11 is 6.03. The Morgan fingerprint density at radius 1 is 1.06 bits per heavy atom. The molecular weight excluding hydrogens is 422 g/mol. The van der Waals surface area contributed by atoms with E-state index < -0.39 is 0 Å². The molecule has 1 aromatic carbocycles. The average Bonchev–Trinajstić information content (AvgIpc) is 2.99. The number of benzene rings is 1. The maximum atomic E-state index is 12.7. The van der Waals surface area contributed by atoms with Crippen molar-refractivity contribution in [2.75, 3.05) is 44.2 Å². The predicted octanol–water partition coefficient (Wildman–Crippen LogP) is 3.45. The van der Waals surface area contributed by atoms with Crippen LogP contribution >= 0.6 is 11.6 Å². The van der Waals surface area contributed by atoms with E-state index in [0.717, 1.165) is 67.8 Å². The van der Waals surface area contributed by atoms with Gasteiger partial charge in [0.05, 0.1) is 5.69 Å². The molecule has 2 aliphatic heterocycles. The second-order valence-corrected chi connectivity index (χ2v) is 9.40. The third-order valence-electron chi connectivity index (χ3n) is 6.98. The summed E-state index contributed by atoms with van der Waals surface area (Å²) in [4.78, 5) is 29.2. The first-order valence-electron chi connectivity index (χ1n) is 11.7. The number of anilines is 1. The zero-order valence-corrected chi connectivity index (χ0v) is 19.2. The van der Waals surface area contributed by atoms with Gasteiger partial charge in [-0.3, -0.25) is 9.69 Å². The Hall–Kier alpha value is -2.44. The highest BCUT2D eigenvalue weighted by atomic mass is 35.5. The van der Waals surface area contributed by atoms with Gasteiger partial charge in [0.25, 0.3) is 0 Å². The molecular formula is C25H30ClN5O. The minimum atomic E-state index is 0.0260. The lowest BCUT2D eigenvalue weighted by Crippen LogP contribution is -2.52. The summed E-state index contributed by atoms with van der Waals surface area (Å²) in [6.45, 7) is 5.56. The van der Waals surface area contributed by atoms with E-state index in [2.05, 4.69) is 14.8 Å². The summed E-state index contributed by atoms with van der Waals surface area (Å²) in [5.41, 5.74) is 3.18. The van der Waals surface area contributed by atoms with Crippen LogP contribution in [0.2, 0.25) is 5.02 Å². The highest BCUT2D eigenvalue weighted by Gasteiger charge is 2.29. The number of piperazine rings is 1. The molecule has 3 heterocycles. The Balaban J connectivity index is 1.19. The van der Waals surface area contributed by atoms with Crippen LogP contribution in [-0.2, 0) is 17.6 Å². The van der Waals surface area contributed by atoms with Gasteiger partial charge in [-0.1, -0.05) is 30.2 Å². The van der Waals surface area contributed by atoms with Crippen molar-refractivity contribution in [3.05, 3.63) is 58.4 Å². The van der Waals surface area contributed by atoms with Crippen LogP contribution in [0, 0.1) is 0 Å². The molecule has 0 unspecified atom stereocenters. The molecule has 5 rings (SSSR count). The number of rotatable bonds is 4. The fraction of sp³-hybridized carbons (Fsp3) is 0.480. The van der Waals surface area contributed by atoms with Gasteiger partial charge in [0.15, 0.2) is 0 Å². The molecule has 1 amide bonds. The molecule has 1 aromatic heterocycles. The smallest absolute Gasteiger partial charge is 0.246 e. The van der Waals surface area contributed by atoms with Crippen molar-refractivity contribution in [1.29, 1.82) is 0 Å². The van der Waals surface area contributed by atoms with Crippen LogP contribution in [0.25, 0.3) is 6.08 Å². The van der Waals surface area contributed by atoms with Crippen LogP contribution in [0.5, 0.6) is 0 Å². The average molecular weight is 452 g/mol. The summed E-state index contributed by atoms with van der Waals surface area (Å²) in [7, 11) is 0. The second kappa shape index (κ2) is 9.59. The SMILES string of the molecule is O=C(/C=C/c1cccc(Cl)c1)N1CCc2cnc(N3CCN(C4CCC4)CC3)nc2CC1. The maximum Gasteiger partial charge on any atom is 0.246 e. The Kier molecular flexibility index (Phi) is 6.42. The van der Waals surface area contributed by atoms with E-state index in [0.29, 0.717) is 18.1 Å². The summed E-state index contributed by atoms with van der Waals surface area (Å²) in [6, 6.07) is 8.32. The van der Waals surface area contributed by atoms with Crippen molar-refractivity contribution in [3.8, 4) is 0 Å². The molecule has 0 spiro atoms. The molecule has 1 saturated carbocycles. The van der Waals surface area contributed by atoms with Crippen LogP contribution < -0.4 is 4.90 Å². The highest BCUT2D eigenvalue weighted by Crippen LogP contribution is 2.26. The van der Waals surface area contributed by atoms with E-state index in [-0.39, 0.29) is 5.91 Å². The van der Waals surface area contributed by atoms with Gasteiger partial charge < -0.3 is 9.80 Å². The molecule has 2 aromatic rings. The van der Waals surface area contributed by atoms with Gasteiger partial charge in [-0.15, -0.1) is 0 Å². The van der Waals surface area contributed by atoms with Gasteiger partial charge in [-0.2, -0.15) is 0 Å². The lowest BCUT2D eigenvalue weighted by molar-refractivity contribution is -0.125. The first kappa shape index (κ1) is 21.4. The van der Waals surface area contributed by atoms with Gasteiger partial charge in [-0.05, 0) is 48.6 Å². The Morgan fingerprint density at radius 2 is 1.88 bits per heavy atom. The summed E-state index contributed by atoms with van der Waals surface area (Å²) in [5, 5.41) is 0.670. The monoisotopic (exact) mass is 451 g/mol. The van der Waals surface area contributed by atoms with Crippen LogP contribution in [0.15, 0.2) is 36.5 Å². The number of carbonyl (C=O) groups excluding carboxylic acids is 1. The number of hydrogen-bond acceptors (Lipinski definition) is 5. The maximum absolute atomic E-state index is 12.7. The van der Waals surface area contributed by atoms with Gasteiger partial charge in [-0.25, -0.2) is 9.97 Å². The first-order chi connectivity index (χ1) is 15.7. The zero-order chi connectivity index (χ0) is 21.9. The fourth-order valence-corrected chi connectivity index (χ4v) is 4.96. The molecule has 32 heavy (non-hydrogen) atoms. The zero-order valence-electron chi connectivity index (χ0n) is 18.4. The van der Waals surface area contributed by atoms with Crippen molar-refractivity contribution >= 4 is 29.5 Å². The molecule has 0 N–H and O–H groups in total. The van der Waals surface area contributed by atoms with E-state index in [4.69, 9.17) is 16.6 Å². The minimum absolute atomic E-state index is 0.0260. The third-order valence-corrected chi connectivity index (χ3v) is 7.21. The van der Waals surface area contributed by atoms with Crippen molar-refractivity contribution in [2.24, 2.45) is 0 Å². The number of amides is 1. The number of nitrogens with zero attached hydrogens (tertiary/aromatic N) is 5. The molecule has 168 valence electrons. The number of halogens is 1. The summed E-state index contributed by atoms with van der Waals surface area (Å²) < 4.78 is 0. The predicted molar refractivity (Wildman–Crippen MR) is 128 cm³/mol. The number of aromatic nitrogens is 2. The highest BCUT2D eigenvalue weighted by molar-refractivity contribution is 6.30. The van der Waals surface area contributed by atoms with Gasteiger partial charge in [0.2, 0.25) is 11.9 Å². The Labute approximate surface area is 194 Å². The number of carbonyl (C=O) groups is 1. The molecule has 3 aliphatic rings. The number of fused-ring (bicyclic) bond motifs is 1. The van der Waals surface area contributed by atoms with Crippen molar-refractivity contribution in [1.82, 2.24) is 19.8 Å². The van der Waals surface area contributed by atoms with Crippen molar-refractivity contribution in [2.45, 2.75) is 38.1 Å². The van der Waals surface area contributed by atoms with Crippen LogP contribution in [0.3, 0.4) is 0 Å². The molecule has 1 aliphatic carbocycles. The normalized spacial score (nSPS) is 20.2. The van der Waals surface area contributed by atoms with Gasteiger partial charge in [0.1, 0.15) is 0 Å². The van der Waals surface area contributed by atoms with Crippen LogP contribution in [-0.4, -0.2) is 71.0 Å². The molecule has 2 fully saturated rings.